The number of nitrogen functional groups attached to an aromatic ring is 1. The van der Waals surface area contributed by atoms with E-state index in [1.54, 1.807) is 13.2 Å². The highest BCUT2D eigenvalue weighted by atomic mass is 16.5. The number of benzene rings is 1. The highest BCUT2D eigenvalue weighted by Gasteiger charge is 2.04. The molecular formula is C14H21N3O2. The van der Waals surface area contributed by atoms with E-state index < -0.39 is 0 Å². The van der Waals surface area contributed by atoms with Crippen LogP contribution in [0.1, 0.15) is 6.42 Å². The molecule has 0 aliphatic rings. The van der Waals surface area contributed by atoms with Gasteiger partial charge < -0.3 is 15.2 Å². The first kappa shape index (κ1) is 15.3. The lowest BCUT2D eigenvalue weighted by molar-refractivity contribution is 0.136. The predicted octanol–water partition coefficient (Wildman–Crippen LogP) is 1.51. The van der Waals surface area contributed by atoms with Crippen LogP contribution in [-0.2, 0) is 4.74 Å². The van der Waals surface area contributed by atoms with Crippen LogP contribution in [0.4, 0.5) is 5.69 Å². The minimum atomic E-state index is 0.516. The molecule has 0 saturated carbocycles. The normalized spacial score (nSPS) is 10.4. The fourth-order valence-electron chi connectivity index (χ4n) is 1.66. The van der Waals surface area contributed by atoms with Crippen molar-refractivity contribution in [2.75, 3.05) is 45.7 Å². The van der Waals surface area contributed by atoms with Gasteiger partial charge in [-0.15, -0.1) is 0 Å². The van der Waals surface area contributed by atoms with Crippen LogP contribution in [0.5, 0.6) is 5.75 Å². The quantitative estimate of drug-likeness (QED) is 0.684. The van der Waals surface area contributed by atoms with E-state index in [-0.39, 0.29) is 0 Å². The van der Waals surface area contributed by atoms with Crippen molar-refractivity contribution in [3.63, 3.8) is 0 Å². The number of nitrogens with two attached hydrogens (primary N) is 1. The third-order valence-electron chi connectivity index (χ3n) is 2.69. The molecule has 1 rings (SSSR count). The highest BCUT2D eigenvalue weighted by Crippen LogP contribution is 2.14. The minimum Gasteiger partial charge on any atom is -0.492 e. The zero-order valence-corrected chi connectivity index (χ0v) is 11.3. The van der Waals surface area contributed by atoms with Gasteiger partial charge in [0.25, 0.3) is 0 Å². The molecule has 0 spiro atoms. The third-order valence-corrected chi connectivity index (χ3v) is 2.69. The molecule has 0 unspecified atom stereocenters. The molecule has 0 radical (unpaired) electrons. The van der Waals surface area contributed by atoms with E-state index in [4.69, 9.17) is 20.5 Å². The van der Waals surface area contributed by atoms with Crippen molar-refractivity contribution in [3.05, 3.63) is 24.3 Å². The van der Waals surface area contributed by atoms with Crippen molar-refractivity contribution in [3.8, 4) is 11.8 Å². The van der Waals surface area contributed by atoms with E-state index in [1.807, 2.05) is 18.2 Å². The average Bonchev–Trinajstić information content (AvgIpc) is 2.41. The first-order valence-electron chi connectivity index (χ1n) is 6.33. The van der Waals surface area contributed by atoms with Gasteiger partial charge in [-0.3, -0.25) is 4.90 Å². The van der Waals surface area contributed by atoms with E-state index in [2.05, 4.69) is 11.0 Å². The molecule has 1 aromatic rings. The summed E-state index contributed by atoms with van der Waals surface area (Å²) < 4.78 is 10.7. The van der Waals surface area contributed by atoms with Gasteiger partial charge in [0.1, 0.15) is 12.4 Å². The summed E-state index contributed by atoms with van der Waals surface area (Å²) in [5.74, 6) is 0.770. The molecule has 2 N–H and O–H groups in total. The van der Waals surface area contributed by atoms with Crippen LogP contribution >= 0.6 is 0 Å². The van der Waals surface area contributed by atoms with Crippen LogP contribution in [0.2, 0.25) is 0 Å². The van der Waals surface area contributed by atoms with Gasteiger partial charge in [-0.1, -0.05) is 6.07 Å². The maximum Gasteiger partial charge on any atom is 0.121 e. The molecule has 0 aliphatic carbocycles. The lowest BCUT2D eigenvalue weighted by Crippen LogP contribution is -2.32. The van der Waals surface area contributed by atoms with E-state index in [0.717, 1.165) is 25.4 Å². The standard InChI is InChI=1S/C14H21N3O2/c1-18-10-8-17(7-3-6-15)9-11-19-14-5-2-4-13(16)12-14/h2,4-5,12H,3,7-11,16H2,1H3. The number of anilines is 1. The smallest absolute Gasteiger partial charge is 0.121 e. The Hall–Kier alpha value is -1.77. The average molecular weight is 263 g/mol. The molecule has 0 aromatic heterocycles. The van der Waals surface area contributed by atoms with Crippen molar-refractivity contribution in [1.82, 2.24) is 4.90 Å². The number of nitrogens with zero attached hydrogens (tertiary/aromatic N) is 2. The number of hydrogen-bond donors (Lipinski definition) is 1. The summed E-state index contributed by atoms with van der Waals surface area (Å²) in [5, 5.41) is 8.62. The summed E-state index contributed by atoms with van der Waals surface area (Å²) in [6, 6.07) is 9.52. The minimum absolute atomic E-state index is 0.516. The summed E-state index contributed by atoms with van der Waals surface area (Å²) in [7, 11) is 1.67. The first-order chi connectivity index (χ1) is 9.26. The van der Waals surface area contributed by atoms with Crippen LogP contribution in [0, 0.1) is 11.3 Å². The van der Waals surface area contributed by atoms with Gasteiger partial charge in [0.05, 0.1) is 12.7 Å². The molecule has 0 amide bonds. The molecular weight excluding hydrogens is 242 g/mol. The predicted molar refractivity (Wildman–Crippen MR) is 74.9 cm³/mol. The number of rotatable bonds is 9. The van der Waals surface area contributed by atoms with Gasteiger partial charge >= 0.3 is 0 Å². The van der Waals surface area contributed by atoms with Crippen molar-refractivity contribution in [2.45, 2.75) is 6.42 Å². The van der Waals surface area contributed by atoms with Gasteiger partial charge in [0.2, 0.25) is 0 Å². The topological polar surface area (TPSA) is 71.5 Å². The summed E-state index contributed by atoms with van der Waals surface area (Å²) in [6.07, 6.45) is 0.516. The Morgan fingerprint density at radius 3 is 2.74 bits per heavy atom. The molecule has 0 atom stereocenters. The molecule has 0 aliphatic heterocycles. The Morgan fingerprint density at radius 2 is 2.05 bits per heavy atom. The van der Waals surface area contributed by atoms with Gasteiger partial charge in [0, 0.05) is 44.9 Å². The van der Waals surface area contributed by atoms with Gasteiger partial charge in [-0.2, -0.15) is 5.26 Å². The van der Waals surface area contributed by atoms with Gasteiger partial charge in [0.15, 0.2) is 0 Å². The second-order valence-electron chi connectivity index (χ2n) is 4.16. The number of nitriles is 1. The van der Waals surface area contributed by atoms with Crippen LogP contribution in [0.15, 0.2) is 24.3 Å². The zero-order valence-electron chi connectivity index (χ0n) is 11.3. The Labute approximate surface area is 114 Å². The zero-order chi connectivity index (χ0) is 13.9. The van der Waals surface area contributed by atoms with Gasteiger partial charge in [-0.25, -0.2) is 0 Å². The number of hydrogen-bond acceptors (Lipinski definition) is 5. The molecule has 104 valence electrons. The van der Waals surface area contributed by atoms with Crippen LogP contribution in [-0.4, -0.2) is 44.9 Å². The first-order valence-corrected chi connectivity index (χ1v) is 6.33. The second kappa shape index (κ2) is 9.20. The largest absolute Gasteiger partial charge is 0.492 e. The monoisotopic (exact) mass is 263 g/mol. The fourth-order valence-corrected chi connectivity index (χ4v) is 1.66. The summed E-state index contributed by atoms with van der Waals surface area (Å²) in [6.45, 7) is 3.53. The second-order valence-corrected chi connectivity index (χ2v) is 4.16. The lowest BCUT2D eigenvalue weighted by atomic mass is 10.3. The Kier molecular flexibility index (Phi) is 7.40. The SMILES string of the molecule is COCCN(CCC#N)CCOc1cccc(N)c1. The van der Waals surface area contributed by atoms with E-state index in [0.29, 0.717) is 25.3 Å². The van der Waals surface area contributed by atoms with Crippen molar-refractivity contribution in [1.29, 1.82) is 5.26 Å². The van der Waals surface area contributed by atoms with Crippen LogP contribution in [0.25, 0.3) is 0 Å². The summed E-state index contributed by atoms with van der Waals surface area (Å²) >= 11 is 0. The number of methoxy groups -OCH3 is 1. The Bertz CT molecular complexity index is 404. The van der Waals surface area contributed by atoms with E-state index in [9.17, 15) is 0 Å². The molecule has 1 aromatic carbocycles. The maximum atomic E-state index is 8.62. The molecule has 5 heteroatoms. The summed E-state index contributed by atoms with van der Waals surface area (Å²) in [4.78, 5) is 2.15. The van der Waals surface area contributed by atoms with E-state index in [1.165, 1.54) is 0 Å². The Morgan fingerprint density at radius 1 is 1.26 bits per heavy atom. The Balaban J connectivity index is 2.32. The third kappa shape index (κ3) is 6.65. The fraction of sp³-hybridized carbons (Fsp3) is 0.500. The van der Waals surface area contributed by atoms with Crippen molar-refractivity contribution < 1.29 is 9.47 Å². The molecule has 5 nitrogen and oxygen atoms in total. The van der Waals surface area contributed by atoms with Crippen molar-refractivity contribution >= 4 is 5.69 Å². The highest BCUT2D eigenvalue weighted by molar-refractivity contribution is 5.43. The van der Waals surface area contributed by atoms with Crippen molar-refractivity contribution in [2.24, 2.45) is 0 Å². The van der Waals surface area contributed by atoms with Crippen LogP contribution < -0.4 is 10.5 Å². The molecule has 19 heavy (non-hydrogen) atoms. The van der Waals surface area contributed by atoms with Crippen LogP contribution in [0.3, 0.4) is 0 Å². The maximum absolute atomic E-state index is 8.62. The van der Waals surface area contributed by atoms with E-state index >= 15 is 0 Å². The lowest BCUT2D eigenvalue weighted by Gasteiger charge is -2.20. The number of ether oxygens (including phenoxy) is 2. The summed E-state index contributed by atoms with van der Waals surface area (Å²) in [5.41, 5.74) is 6.37. The molecule has 0 heterocycles. The van der Waals surface area contributed by atoms with Gasteiger partial charge in [-0.05, 0) is 12.1 Å². The molecule has 0 saturated heterocycles. The molecule has 0 bridgehead atoms. The molecule has 0 fully saturated rings.